The molecule has 120 valence electrons. The van der Waals surface area contributed by atoms with E-state index in [2.05, 4.69) is 21.7 Å². The molecule has 0 N–H and O–H groups in total. The fourth-order valence-corrected chi connectivity index (χ4v) is 4.25. The van der Waals surface area contributed by atoms with Gasteiger partial charge in [0.25, 0.3) is 0 Å². The minimum atomic E-state index is 0.348. The van der Waals surface area contributed by atoms with Gasteiger partial charge in [0.2, 0.25) is 5.91 Å². The largest absolute Gasteiger partial charge is 0.340 e. The van der Waals surface area contributed by atoms with Crippen LogP contribution in [0.5, 0.6) is 0 Å². The number of piperidine rings is 1. The Bertz CT molecular complexity index is 346. The van der Waals surface area contributed by atoms with Crippen molar-refractivity contribution < 1.29 is 4.79 Å². The third-order valence-electron chi connectivity index (χ3n) is 5.78. The number of hydrogen-bond donors (Lipinski definition) is 0. The van der Waals surface area contributed by atoms with E-state index in [0.717, 1.165) is 45.1 Å². The van der Waals surface area contributed by atoms with Gasteiger partial charge in [-0.05, 0) is 39.3 Å². The van der Waals surface area contributed by atoms with E-state index in [1.807, 2.05) is 0 Å². The Hall–Kier alpha value is -0.610. The van der Waals surface area contributed by atoms with Crippen molar-refractivity contribution in [1.82, 2.24) is 14.7 Å². The number of piperazine rings is 1. The van der Waals surface area contributed by atoms with Crippen molar-refractivity contribution in [2.45, 2.75) is 51.0 Å². The summed E-state index contributed by atoms with van der Waals surface area (Å²) in [6, 6.07) is 0.732. The molecule has 21 heavy (non-hydrogen) atoms. The highest BCUT2D eigenvalue weighted by atomic mass is 16.2. The first-order valence-corrected chi connectivity index (χ1v) is 8.95. The summed E-state index contributed by atoms with van der Waals surface area (Å²) in [6.45, 7) is 6.50. The van der Waals surface area contributed by atoms with Gasteiger partial charge in [-0.3, -0.25) is 9.69 Å². The zero-order chi connectivity index (χ0) is 14.7. The van der Waals surface area contributed by atoms with E-state index in [-0.39, 0.29) is 0 Å². The third-order valence-corrected chi connectivity index (χ3v) is 5.78. The summed E-state index contributed by atoms with van der Waals surface area (Å²) in [7, 11) is 2.27. The lowest BCUT2D eigenvalue weighted by Crippen LogP contribution is -2.53. The molecule has 3 fully saturated rings. The molecule has 4 nitrogen and oxygen atoms in total. The summed E-state index contributed by atoms with van der Waals surface area (Å²) in [5, 5.41) is 0. The van der Waals surface area contributed by atoms with Crippen LogP contribution in [0.3, 0.4) is 0 Å². The molecule has 1 amide bonds. The van der Waals surface area contributed by atoms with E-state index >= 15 is 0 Å². The van der Waals surface area contributed by atoms with Crippen molar-refractivity contribution in [3.05, 3.63) is 0 Å². The molecule has 0 bridgehead atoms. The summed E-state index contributed by atoms with van der Waals surface area (Å²) >= 11 is 0. The molecule has 0 aromatic heterocycles. The lowest BCUT2D eigenvalue weighted by Gasteiger charge is -2.40. The van der Waals surface area contributed by atoms with Gasteiger partial charge in [-0.1, -0.05) is 19.3 Å². The number of likely N-dealkylation sites (N-methyl/N-ethyl adjacent to an activating group) is 1. The van der Waals surface area contributed by atoms with Gasteiger partial charge < -0.3 is 9.80 Å². The number of carbonyl (C=O) groups is 1. The lowest BCUT2D eigenvalue weighted by molar-refractivity contribution is -0.137. The Morgan fingerprint density at radius 3 is 2.24 bits per heavy atom. The fraction of sp³-hybridized carbons (Fsp3) is 0.941. The molecule has 0 unspecified atom stereocenters. The van der Waals surface area contributed by atoms with Crippen LogP contribution in [0, 0.1) is 5.92 Å². The molecule has 2 saturated heterocycles. The second kappa shape index (κ2) is 7.10. The van der Waals surface area contributed by atoms with Gasteiger partial charge in [-0.15, -0.1) is 0 Å². The van der Waals surface area contributed by atoms with Crippen LogP contribution >= 0.6 is 0 Å². The van der Waals surface area contributed by atoms with Gasteiger partial charge in [0, 0.05) is 44.7 Å². The summed E-state index contributed by atoms with van der Waals surface area (Å²) in [5.74, 6) is 0.794. The van der Waals surface area contributed by atoms with Crippen LogP contribution in [0.2, 0.25) is 0 Å². The van der Waals surface area contributed by atoms with Crippen molar-refractivity contribution in [2.75, 3.05) is 46.3 Å². The highest BCUT2D eigenvalue weighted by Gasteiger charge is 2.30. The van der Waals surface area contributed by atoms with Gasteiger partial charge >= 0.3 is 0 Å². The summed E-state index contributed by atoms with van der Waals surface area (Å²) in [4.78, 5) is 19.7. The summed E-state index contributed by atoms with van der Waals surface area (Å²) in [5.41, 5.74) is 0. The second-order valence-corrected chi connectivity index (χ2v) is 7.24. The minimum absolute atomic E-state index is 0.348. The Balaban J connectivity index is 1.43. The van der Waals surface area contributed by atoms with E-state index in [0.29, 0.717) is 11.8 Å². The van der Waals surface area contributed by atoms with Gasteiger partial charge in [0.1, 0.15) is 0 Å². The highest BCUT2D eigenvalue weighted by molar-refractivity contribution is 5.79. The number of hydrogen-bond acceptors (Lipinski definition) is 3. The average Bonchev–Trinajstić information content (AvgIpc) is 3.04. The number of carbonyl (C=O) groups excluding carboxylic acids is 1. The minimum Gasteiger partial charge on any atom is -0.340 e. The van der Waals surface area contributed by atoms with Crippen LogP contribution in [0.4, 0.5) is 0 Å². The SMILES string of the molecule is CN1CCCC[C@H]1CN1CCN(C(=O)C2CCCC2)CC1. The zero-order valence-electron chi connectivity index (χ0n) is 13.6. The molecule has 0 spiro atoms. The first-order chi connectivity index (χ1) is 10.2. The summed E-state index contributed by atoms with van der Waals surface area (Å²) in [6.07, 6.45) is 8.86. The molecule has 3 rings (SSSR count). The standard InChI is InChI=1S/C17H31N3O/c1-18-9-5-4-8-16(18)14-19-10-12-20(13-11-19)17(21)15-6-2-3-7-15/h15-16H,2-14H2,1H3/t16-/m0/s1. The second-order valence-electron chi connectivity index (χ2n) is 7.24. The molecule has 2 heterocycles. The van der Waals surface area contributed by atoms with E-state index in [1.54, 1.807) is 0 Å². The molecule has 4 heteroatoms. The van der Waals surface area contributed by atoms with Crippen LogP contribution < -0.4 is 0 Å². The van der Waals surface area contributed by atoms with Crippen LogP contribution in [0.25, 0.3) is 0 Å². The number of nitrogens with zero attached hydrogens (tertiary/aromatic N) is 3. The summed E-state index contributed by atoms with van der Waals surface area (Å²) < 4.78 is 0. The van der Waals surface area contributed by atoms with E-state index in [9.17, 15) is 4.79 Å². The van der Waals surface area contributed by atoms with Crippen molar-refractivity contribution in [3.8, 4) is 0 Å². The highest BCUT2D eigenvalue weighted by Crippen LogP contribution is 2.27. The predicted molar refractivity (Wildman–Crippen MR) is 85.2 cm³/mol. The molecule has 0 aromatic rings. The predicted octanol–water partition coefficient (Wildman–Crippen LogP) is 1.81. The molecule has 0 aromatic carbocycles. The maximum Gasteiger partial charge on any atom is 0.225 e. The maximum absolute atomic E-state index is 12.4. The van der Waals surface area contributed by atoms with Crippen molar-refractivity contribution in [3.63, 3.8) is 0 Å². The zero-order valence-corrected chi connectivity index (χ0v) is 13.6. The van der Waals surface area contributed by atoms with Crippen LogP contribution in [0.15, 0.2) is 0 Å². The Morgan fingerprint density at radius 2 is 1.57 bits per heavy atom. The molecular weight excluding hydrogens is 262 g/mol. The Morgan fingerprint density at radius 1 is 0.905 bits per heavy atom. The molecule has 2 aliphatic heterocycles. The van der Waals surface area contributed by atoms with Crippen molar-refractivity contribution >= 4 is 5.91 Å². The molecular formula is C17H31N3O. The monoisotopic (exact) mass is 293 g/mol. The first-order valence-electron chi connectivity index (χ1n) is 8.95. The Labute approximate surface area is 129 Å². The normalized spacial score (nSPS) is 30.0. The maximum atomic E-state index is 12.4. The van der Waals surface area contributed by atoms with Gasteiger partial charge in [0.15, 0.2) is 0 Å². The quantitative estimate of drug-likeness (QED) is 0.794. The van der Waals surface area contributed by atoms with Gasteiger partial charge in [0.05, 0.1) is 0 Å². The first kappa shape index (κ1) is 15.3. The molecule has 0 radical (unpaired) electrons. The van der Waals surface area contributed by atoms with E-state index in [4.69, 9.17) is 0 Å². The van der Waals surface area contributed by atoms with E-state index < -0.39 is 0 Å². The van der Waals surface area contributed by atoms with Gasteiger partial charge in [-0.25, -0.2) is 0 Å². The number of likely N-dealkylation sites (tertiary alicyclic amines) is 1. The van der Waals surface area contributed by atoms with Gasteiger partial charge in [-0.2, -0.15) is 0 Å². The van der Waals surface area contributed by atoms with Crippen LogP contribution in [0.1, 0.15) is 44.9 Å². The smallest absolute Gasteiger partial charge is 0.225 e. The van der Waals surface area contributed by atoms with Crippen LogP contribution in [-0.4, -0.2) is 73.0 Å². The van der Waals surface area contributed by atoms with Crippen LogP contribution in [-0.2, 0) is 4.79 Å². The molecule has 1 saturated carbocycles. The number of rotatable bonds is 3. The van der Waals surface area contributed by atoms with Crippen molar-refractivity contribution in [2.24, 2.45) is 5.92 Å². The molecule has 1 atom stereocenters. The molecule has 1 aliphatic carbocycles. The Kier molecular flexibility index (Phi) is 5.17. The number of amides is 1. The van der Waals surface area contributed by atoms with Crippen molar-refractivity contribution in [1.29, 1.82) is 0 Å². The van der Waals surface area contributed by atoms with E-state index in [1.165, 1.54) is 45.2 Å². The fourth-order valence-electron chi connectivity index (χ4n) is 4.25. The lowest BCUT2D eigenvalue weighted by atomic mass is 10.0. The average molecular weight is 293 g/mol. The molecule has 3 aliphatic rings. The third kappa shape index (κ3) is 3.78. The topological polar surface area (TPSA) is 26.8 Å².